The molecule has 21 heavy (non-hydrogen) atoms. The third-order valence-electron chi connectivity index (χ3n) is 3.77. The Labute approximate surface area is 126 Å². The van der Waals surface area contributed by atoms with E-state index >= 15 is 0 Å². The lowest BCUT2D eigenvalue weighted by molar-refractivity contribution is -0.386. The van der Waals surface area contributed by atoms with Crippen molar-refractivity contribution in [2.75, 3.05) is 7.05 Å². The normalized spacial score (nSPS) is 24.8. The Hall–Kier alpha value is -1.86. The van der Waals surface area contributed by atoms with Gasteiger partial charge in [-0.1, -0.05) is 11.6 Å². The molecule has 0 heterocycles. The van der Waals surface area contributed by atoms with Crippen LogP contribution in [-0.4, -0.2) is 34.7 Å². The molecule has 0 amide bonds. The quantitative estimate of drug-likeness (QED) is 0.638. The molecule has 1 fully saturated rings. The highest BCUT2D eigenvalue weighted by Crippen LogP contribution is 2.36. The van der Waals surface area contributed by atoms with Crippen LogP contribution in [-0.2, 0) is 4.79 Å². The fraction of sp³-hybridized carbons (Fsp3) is 0.462. The zero-order valence-corrected chi connectivity index (χ0v) is 12.1. The number of carboxylic acid groups (broad SMARTS) is 1. The van der Waals surface area contributed by atoms with Gasteiger partial charge in [0.1, 0.15) is 11.6 Å². The Morgan fingerprint density at radius 3 is 2.86 bits per heavy atom. The summed E-state index contributed by atoms with van der Waals surface area (Å²) in [6.07, 6.45) is 0.725. The predicted molar refractivity (Wildman–Crippen MR) is 75.8 cm³/mol. The van der Waals surface area contributed by atoms with Gasteiger partial charge in [0, 0.05) is 23.6 Å². The predicted octanol–water partition coefficient (Wildman–Crippen LogP) is 2.22. The van der Waals surface area contributed by atoms with Gasteiger partial charge < -0.3 is 15.2 Å². The van der Waals surface area contributed by atoms with Crippen LogP contribution in [0, 0.1) is 10.1 Å². The van der Waals surface area contributed by atoms with Crippen LogP contribution in [0.25, 0.3) is 0 Å². The SMILES string of the molecule is CNC1(C(=O)O)CCC(Oc2cc(Cl)ccc2[N+](=O)[O-])C1. The van der Waals surface area contributed by atoms with Gasteiger partial charge in [-0.05, 0) is 26.0 Å². The van der Waals surface area contributed by atoms with Gasteiger partial charge in [-0.3, -0.25) is 14.9 Å². The number of nitrogens with one attached hydrogen (secondary N) is 1. The Morgan fingerprint density at radius 1 is 1.62 bits per heavy atom. The van der Waals surface area contributed by atoms with Gasteiger partial charge in [0.15, 0.2) is 5.75 Å². The van der Waals surface area contributed by atoms with E-state index in [1.165, 1.54) is 18.2 Å². The molecule has 2 atom stereocenters. The summed E-state index contributed by atoms with van der Waals surface area (Å²) in [6.45, 7) is 0. The van der Waals surface area contributed by atoms with Crippen LogP contribution in [0.1, 0.15) is 19.3 Å². The molecule has 1 aromatic rings. The number of benzene rings is 1. The molecular formula is C13H15ClN2O5. The lowest BCUT2D eigenvalue weighted by Gasteiger charge is -2.23. The summed E-state index contributed by atoms with van der Waals surface area (Å²) in [5.74, 6) is -0.883. The van der Waals surface area contributed by atoms with Crippen LogP contribution in [0.2, 0.25) is 5.02 Å². The number of carbonyl (C=O) groups is 1. The molecule has 7 nitrogen and oxygen atoms in total. The average Bonchev–Trinajstić information content (AvgIpc) is 2.83. The molecule has 1 aliphatic rings. The van der Waals surface area contributed by atoms with Crippen molar-refractivity contribution in [1.29, 1.82) is 0 Å². The van der Waals surface area contributed by atoms with Crippen molar-refractivity contribution in [2.24, 2.45) is 0 Å². The van der Waals surface area contributed by atoms with Crippen LogP contribution in [0.5, 0.6) is 5.75 Å². The molecule has 1 saturated carbocycles. The molecule has 2 rings (SSSR count). The third kappa shape index (κ3) is 3.08. The van der Waals surface area contributed by atoms with E-state index in [9.17, 15) is 20.0 Å². The summed E-state index contributed by atoms with van der Waals surface area (Å²) in [5, 5.41) is 23.4. The van der Waals surface area contributed by atoms with Crippen molar-refractivity contribution in [2.45, 2.75) is 30.9 Å². The molecule has 114 valence electrons. The molecule has 1 aromatic carbocycles. The summed E-state index contributed by atoms with van der Waals surface area (Å²) in [6, 6.07) is 4.06. The Bertz CT molecular complexity index is 580. The molecular weight excluding hydrogens is 300 g/mol. The van der Waals surface area contributed by atoms with Crippen LogP contribution >= 0.6 is 11.6 Å². The average molecular weight is 315 g/mol. The minimum atomic E-state index is -1.04. The monoisotopic (exact) mass is 314 g/mol. The number of likely N-dealkylation sites (N-methyl/N-ethyl adjacent to an activating group) is 1. The van der Waals surface area contributed by atoms with E-state index in [0.29, 0.717) is 17.9 Å². The Morgan fingerprint density at radius 2 is 2.33 bits per heavy atom. The van der Waals surface area contributed by atoms with Gasteiger partial charge in [-0.2, -0.15) is 0 Å². The third-order valence-corrected chi connectivity index (χ3v) is 4.00. The Balaban J connectivity index is 2.19. The number of aliphatic carboxylic acids is 1. The number of nitro benzene ring substituents is 1. The van der Waals surface area contributed by atoms with E-state index in [-0.39, 0.29) is 17.9 Å². The lowest BCUT2D eigenvalue weighted by atomic mass is 9.98. The van der Waals surface area contributed by atoms with E-state index in [2.05, 4.69) is 5.32 Å². The van der Waals surface area contributed by atoms with Gasteiger partial charge in [-0.25, -0.2) is 0 Å². The molecule has 0 spiro atoms. The largest absolute Gasteiger partial charge is 0.483 e. The minimum absolute atomic E-state index is 0.0646. The molecule has 1 aliphatic carbocycles. The zero-order chi connectivity index (χ0) is 15.6. The molecule has 0 radical (unpaired) electrons. The highest BCUT2D eigenvalue weighted by atomic mass is 35.5. The van der Waals surface area contributed by atoms with Gasteiger partial charge >= 0.3 is 11.7 Å². The second-order valence-electron chi connectivity index (χ2n) is 4.99. The van der Waals surface area contributed by atoms with E-state index in [4.69, 9.17) is 16.3 Å². The Kier molecular flexibility index (Phi) is 4.34. The molecule has 2 unspecified atom stereocenters. The van der Waals surface area contributed by atoms with Crippen molar-refractivity contribution in [3.05, 3.63) is 33.3 Å². The van der Waals surface area contributed by atoms with Crippen molar-refractivity contribution < 1.29 is 19.6 Å². The van der Waals surface area contributed by atoms with Gasteiger partial charge in [0.05, 0.1) is 4.92 Å². The van der Waals surface area contributed by atoms with Crippen molar-refractivity contribution in [1.82, 2.24) is 5.32 Å². The van der Waals surface area contributed by atoms with Crippen LogP contribution in [0.15, 0.2) is 18.2 Å². The molecule has 0 saturated heterocycles. The maximum Gasteiger partial charge on any atom is 0.324 e. The van der Waals surface area contributed by atoms with E-state index in [1.807, 2.05) is 0 Å². The highest BCUT2D eigenvalue weighted by molar-refractivity contribution is 6.30. The summed E-state index contributed by atoms with van der Waals surface area (Å²) in [4.78, 5) is 21.8. The number of carboxylic acids is 1. The van der Waals surface area contributed by atoms with Crippen LogP contribution in [0.4, 0.5) is 5.69 Å². The maximum atomic E-state index is 11.3. The standard InChI is InChI=1S/C13H15ClN2O5/c1-15-13(12(17)18)5-4-9(7-13)21-11-6-8(14)2-3-10(11)16(19)20/h2-3,6,9,15H,4-5,7H2,1H3,(H,17,18). The molecule has 0 bridgehead atoms. The highest BCUT2D eigenvalue weighted by Gasteiger charge is 2.45. The van der Waals surface area contributed by atoms with Crippen molar-refractivity contribution in [3.8, 4) is 5.75 Å². The number of ether oxygens (including phenoxy) is 1. The molecule has 0 aromatic heterocycles. The molecule has 8 heteroatoms. The fourth-order valence-corrected chi connectivity index (χ4v) is 2.70. The van der Waals surface area contributed by atoms with E-state index in [1.54, 1.807) is 7.05 Å². The lowest BCUT2D eigenvalue weighted by Crippen LogP contribution is -2.48. The van der Waals surface area contributed by atoms with Gasteiger partial charge in [0.25, 0.3) is 0 Å². The van der Waals surface area contributed by atoms with Crippen LogP contribution in [0.3, 0.4) is 0 Å². The summed E-state index contributed by atoms with van der Waals surface area (Å²) < 4.78 is 5.63. The zero-order valence-electron chi connectivity index (χ0n) is 11.3. The number of nitro groups is 1. The number of hydrogen-bond acceptors (Lipinski definition) is 5. The molecule has 0 aliphatic heterocycles. The summed E-state index contributed by atoms with van der Waals surface area (Å²) in [5.41, 5.74) is -1.23. The number of halogens is 1. The first-order valence-electron chi connectivity index (χ1n) is 6.41. The fourth-order valence-electron chi connectivity index (χ4n) is 2.54. The van der Waals surface area contributed by atoms with E-state index < -0.39 is 22.5 Å². The first kappa shape index (κ1) is 15.5. The maximum absolute atomic E-state index is 11.3. The topological polar surface area (TPSA) is 102 Å². The smallest absolute Gasteiger partial charge is 0.324 e. The van der Waals surface area contributed by atoms with Gasteiger partial charge in [-0.15, -0.1) is 0 Å². The first-order valence-corrected chi connectivity index (χ1v) is 6.78. The summed E-state index contributed by atoms with van der Waals surface area (Å²) >= 11 is 5.83. The minimum Gasteiger partial charge on any atom is -0.483 e. The number of nitrogens with zero attached hydrogens (tertiary/aromatic N) is 1. The first-order chi connectivity index (χ1) is 9.88. The van der Waals surface area contributed by atoms with Crippen molar-refractivity contribution in [3.63, 3.8) is 0 Å². The second-order valence-corrected chi connectivity index (χ2v) is 5.43. The van der Waals surface area contributed by atoms with Gasteiger partial charge in [0.2, 0.25) is 0 Å². The second kappa shape index (κ2) is 5.87. The van der Waals surface area contributed by atoms with Crippen LogP contribution < -0.4 is 10.1 Å². The number of rotatable bonds is 5. The molecule has 2 N–H and O–H groups in total. The van der Waals surface area contributed by atoms with Crippen molar-refractivity contribution >= 4 is 23.3 Å². The summed E-state index contributed by atoms with van der Waals surface area (Å²) in [7, 11) is 1.58. The number of hydrogen-bond donors (Lipinski definition) is 2. The van der Waals surface area contributed by atoms with E-state index in [0.717, 1.165) is 0 Å².